The van der Waals surface area contributed by atoms with Crippen LogP contribution < -0.4 is 10.9 Å². The number of nitrogens with one attached hydrogen (secondary N) is 1. The van der Waals surface area contributed by atoms with Crippen LogP contribution in [-0.2, 0) is 21.3 Å². The summed E-state index contributed by atoms with van der Waals surface area (Å²) in [5.41, 5.74) is 0.903. The summed E-state index contributed by atoms with van der Waals surface area (Å²) in [5, 5.41) is 2.74. The topological polar surface area (TPSA) is 104 Å². The number of esters is 2. The minimum atomic E-state index is -0.822. The van der Waals surface area contributed by atoms with E-state index >= 15 is 0 Å². The molecule has 1 N–H and O–H groups in total. The van der Waals surface area contributed by atoms with E-state index in [1.807, 2.05) is 6.07 Å². The Balaban J connectivity index is 1.79. The molecule has 0 fully saturated rings. The fourth-order valence-corrected chi connectivity index (χ4v) is 4.19. The number of pyridine rings is 1. The summed E-state index contributed by atoms with van der Waals surface area (Å²) < 4.78 is 11.7. The number of thiophene rings is 1. The van der Waals surface area contributed by atoms with Crippen molar-refractivity contribution < 1.29 is 23.9 Å². The molecule has 1 amide bonds. The molecule has 0 radical (unpaired) electrons. The van der Waals surface area contributed by atoms with Crippen molar-refractivity contribution in [2.45, 2.75) is 6.92 Å². The van der Waals surface area contributed by atoms with Gasteiger partial charge in [0, 0.05) is 24.9 Å². The Kier molecular flexibility index (Phi) is 7.45. The van der Waals surface area contributed by atoms with Gasteiger partial charge in [-0.2, -0.15) is 0 Å². The summed E-state index contributed by atoms with van der Waals surface area (Å²) in [6.45, 7) is 1.19. The monoisotopic (exact) mass is 474 g/mol. The van der Waals surface area contributed by atoms with Gasteiger partial charge in [0.1, 0.15) is 14.9 Å². The minimum absolute atomic E-state index is 0.0265. The number of rotatable bonds is 7. The highest BCUT2D eigenvalue weighted by atomic mass is 35.5. The van der Waals surface area contributed by atoms with Gasteiger partial charge in [-0.1, -0.05) is 41.9 Å². The van der Waals surface area contributed by atoms with Crippen molar-refractivity contribution in [2.75, 3.05) is 18.5 Å². The number of aryl methyl sites for hydroxylation is 1. The molecule has 0 saturated carbocycles. The third-order valence-corrected chi connectivity index (χ3v) is 5.65. The molecule has 8 nitrogen and oxygen atoms in total. The number of carbonyl (C=O) groups is 3. The Morgan fingerprint density at radius 3 is 2.47 bits per heavy atom. The molecular weight excluding hydrogens is 456 g/mol. The second-order valence-electron chi connectivity index (χ2n) is 6.53. The Bertz CT molecular complexity index is 1220. The van der Waals surface area contributed by atoms with E-state index in [4.69, 9.17) is 21.1 Å². The fraction of sp³-hybridized carbons (Fsp3) is 0.182. The number of benzene rings is 1. The lowest BCUT2D eigenvalue weighted by atomic mass is 10.0. The third kappa shape index (κ3) is 5.24. The van der Waals surface area contributed by atoms with E-state index in [9.17, 15) is 19.2 Å². The zero-order valence-electron chi connectivity index (χ0n) is 17.2. The smallest absolute Gasteiger partial charge is 0.341 e. The maximum absolute atomic E-state index is 12.6. The maximum Gasteiger partial charge on any atom is 0.341 e. The minimum Gasteiger partial charge on any atom is -0.462 e. The van der Waals surface area contributed by atoms with Gasteiger partial charge in [-0.15, -0.1) is 11.3 Å². The molecule has 1 aromatic carbocycles. The summed E-state index contributed by atoms with van der Waals surface area (Å²) in [5.74, 6) is -2.13. The van der Waals surface area contributed by atoms with E-state index in [1.54, 1.807) is 38.2 Å². The van der Waals surface area contributed by atoms with Gasteiger partial charge >= 0.3 is 11.9 Å². The van der Waals surface area contributed by atoms with Gasteiger partial charge in [-0.05, 0) is 18.6 Å². The number of hydrogen-bond acceptors (Lipinski definition) is 7. The highest BCUT2D eigenvalue weighted by molar-refractivity contribution is 7.21. The number of hydrogen-bond donors (Lipinski definition) is 1. The van der Waals surface area contributed by atoms with Crippen LogP contribution in [0.4, 0.5) is 5.00 Å². The highest BCUT2D eigenvalue weighted by Crippen LogP contribution is 2.43. The molecule has 2 aromatic heterocycles. The molecule has 0 spiro atoms. The largest absolute Gasteiger partial charge is 0.462 e. The molecule has 0 atom stereocenters. The molecule has 3 aromatic rings. The Hall–Kier alpha value is -3.43. The van der Waals surface area contributed by atoms with Crippen LogP contribution in [0.25, 0.3) is 11.1 Å². The number of ether oxygens (including phenoxy) is 2. The van der Waals surface area contributed by atoms with Crippen molar-refractivity contribution in [3.63, 3.8) is 0 Å². The molecule has 0 aliphatic heterocycles. The Labute approximate surface area is 192 Å². The molecular formula is C22H19ClN2O6S. The van der Waals surface area contributed by atoms with Crippen molar-refractivity contribution >= 4 is 45.8 Å². The average molecular weight is 475 g/mol. The van der Waals surface area contributed by atoms with Crippen LogP contribution in [0.3, 0.4) is 0 Å². The zero-order valence-corrected chi connectivity index (χ0v) is 18.8. The van der Waals surface area contributed by atoms with Gasteiger partial charge in [0.2, 0.25) is 0 Å². The Morgan fingerprint density at radius 2 is 1.81 bits per heavy atom. The molecule has 0 bridgehead atoms. The van der Waals surface area contributed by atoms with Gasteiger partial charge in [0.15, 0.2) is 6.61 Å². The van der Waals surface area contributed by atoms with Gasteiger partial charge in [-0.25, -0.2) is 9.59 Å². The van der Waals surface area contributed by atoms with Crippen LogP contribution in [0.2, 0.25) is 4.34 Å². The van der Waals surface area contributed by atoms with Crippen molar-refractivity contribution in [1.82, 2.24) is 4.57 Å². The molecule has 32 heavy (non-hydrogen) atoms. The van der Waals surface area contributed by atoms with Gasteiger partial charge in [0.25, 0.3) is 11.5 Å². The lowest BCUT2D eigenvalue weighted by Crippen LogP contribution is -2.23. The Morgan fingerprint density at radius 1 is 1.09 bits per heavy atom. The number of amides is 1. The summed E-state index contributed by atoms with van der Waals surface area (Å²) in [6, 6.07) is 11.5. The highest BCUT2D eigenvalue weighted by Gasteiger charge is 2.26. The molecule has 0 aliphatic carbocycles. The maximum atomic E-state index is 12.6. The first kappa shape index (κ1) is 23.2. The van der Waals surface area contributed by atoms with E-state index < -0.39 is 24.5 Å². The number of anilines is 1. The number of halogens is 1. The summed E-state index contributed by atoms with van der Waals surface area (Å²) in [4.78, 5) is 48.8. The van der Waals surface area contributed by atoms with Gasteiger partial charge < -0.3 is 19.4 Å². The predicted octanol–water partition coefficient (Wildman–Crippen LogP) is 3.74. The lowest BCUT2D eigenvalue weighted by molar-refractivity contribution is -0.119. The zero-order chi connectivity index (χ0) is 23.3. The number of aromatic nitrogens is 1. The normalized spacial score (nSPS) is 10.5. The van der Waals surface area contributed by atoms with Crippen molar-refractivity contribution in [2.24, 2.45) is 7.05 Å². The SMILES string of the molecule is CCOC(=O)c1c(NC(=O)COC(=O)c2ccn(C)c(=O)c2)sc(Cl)c1-c1ccccc1. The van der Waals surface area contributed by atoms with Crippen LogP contribution in [0.1, 0.15) is 27.6 Å². The standard InChI is InChI=1S/C22H19ClN2O6S/c1-3-30-22(29)18-17(13-7-5-4-6-8-13)19(23)32-20(18)24-15(26)12-31-21(28)14-9-10-25(2)16(27)11-14/h4-11H,3,12H2,1-2H3,(H,24,26). The molecule has 3 rings (SSSR count). The van der Waals surface area contributed by atoms with E-state index in [0.29, 0.717) is 15.5 Å². The van der Waals surface area contributed by atoms with Crippen LogP contribution in [0.5, 0.6) is 0 Å². The van der Waals surface area contributed by atoms with E-state index in [0.717, 1.165) is 17.4 Å². The first-order valence-electron chi connectivity index (χ1n) is 9.50. The summed E-state index contributed by atoms with van der Waals surface area (Å²) in [6.07, 6.45) is 1.42. The molecule has 0 saturated heterocycles. The lowest BCUT2D eigenvalue weighted by Gasteiger charge is -2.09. The molecule has 0 unspecified atom stereocenters. The van der Waals surface area contributed by atoms with Crippen LogP contribution in [0, 0.1) is 0 Å². The summed E-state index contributed by atoms with van der Waals surface area (Å²) >= 11 is 7.39. The third-order valence-electron chi connectivity index (χ3n) is 4.33. The molecule has 10 heteroatoms. The fourth-order valence-electron chi connectivity index (χ4n) is 2.80. The van der Waals surface area contributed by atoms with Gasteiger partial charge in [0.05, 0.1) is 12.2 Å². The first-order chi connectivity index (χ1) is 15.3. The van der Waals surface area contributed by atoms with Gasteiger partial charge in [-0.3, -0.25) is 9.59 Å². The molecule has 0 aliphatic rings. The van der Waals surface area contributed by atoms with E-state index in [1.165, 1.54) is 16.8 Å². The van der Waals surface area contributed by atoms with Crippen molar-refractivity contribution in [1.29, 1.82) is 0 Å². The number of nitrogens with zero attached hydrogens (tertiary/aromatic N) is 1. The first-order valence-corrected chi connectivity index (χ1v) is 10.7. The second-order valence-corrected chi connectivity index (χ2v) is 8.15. The quantitative estimate of drug-likeness (QED) is 0.523. The molecule has 166 valence electrons. The number of carbonyl (C=O) groups excluding carboxylic acids is 3. The van der Waals surface area contributed by atoms with Crippen molar-refractivity contribution in [3.8, 4) is 11.1 Å². The van der Waals surface area contributed by atoms with E-state index in [-0.39, 0.29) is 28.3 Å². The van der Waals surface area contributed by atoms with Crippen molar-refractivity contribution in [3.05, 3.63) is 74.5 Å². The van der Waals surface area contributed by atoms with E-state index in [2.05, 4.69) is 5.32 Å². The summed E-state index contributed by atoms with van der Waals surface area (Å²) in [7, 11) is 1.54. The molecule has 2 heterocycles. The second kappa shape index (κ2) is 10.3. The average Bonchev–Trinajstić information content (AvgIpc) is 3.10. The van der Waals surface area contributed by atoms with Crippen LogP contribution in [0.15, 0.2) is 53.5 Å². The predicted molar refractivity (Wildman–Crippen MR) is 121 cm³/mol. The van der Waals surface area contributed by atoms with Crippen LogP contribution in [-0.4, -0.2) is 35.6 Å². The van der Waals surface area contributed by atoms with Crippen LogP contribution >= 0.6 is 22.9 Å².